The van der Waals surface area contributed by atoms with Gasteiger partial charge in [0.15, 0.2) is 9.84 Å². The predicted octanol–water partition coefficient (Wildman–Crippen LogP) is 1.21. The van der Waals surface area contributed by atoms with Crippen LogP contribution in [-0.2, 0) is 14.6 Å². The smallest absolute Gasteiger partial charge is 0.156 e. The van der Waals surface area contributed by atoms with E-state index in [4.69, 9.17) is 4.74 Å². The fraction of sp³-hybridized carbons (Fsp3) is 1.00. The average molecular weight is 251 g/mol. The third-order valence-electron chi connectivity index (χ3n) is 2.66. The molecule has 2 atom stereocenters. The molecule has 0 aliphatic heterocycles. The monoisotopic (exact) mass is 251 g/mol. The number of rotatable bonds is 9. The van der Waals surface area contributed by atoms with Crippen LogP contribution in [0.5, 0.6) is 0 Å². The van der Waals surface area contributed by atoms with Gasteiger partial charge >= 0.3 is 0 Å². The van der Waals surface area contributed by atoms with Crippen LogP contribution in [-0.4, -0.2) is 45.7 Å². The van der Waals surface area contributed by atoms with Crippen molar-refractivity contribution < 1.29 is 13.2 Å². The molecule has 5 heteroatoms. The fourth-order valence-corrected chi connectivity index (χ4v) is 2.58. The van der Waals surface area contributed by atoms with Crippen molar-refractivity contribution in [3.63, 3.8) is 0 Å². The van der Waals surface area contributed by atoms with E-state index in [1.54, 1.807) is 6.92 Å². The molecule has 2 unspecified atom stereocenters. The molecule has 0 radical (unpaired) electrons. The molecule has 0 aliphatic carbocycles. The van der Waals surface area contributed by atoms with Crippen molar-refractivity contribution in [3.05, 3.63) is 0 Å². The van der Waals surface area contributed by atoms with Crippen LogP contribution < -0.4 is 5.32 Å². The molecule has 0 aromatic carbocycles. The molecule has 0 aromatic heterocycles. The van der Waals surface area contributed by atoms with Crippen molar-refractivity contribution in [1.82, 2.24) is 5.32 Å². The van der Waals surface area contributed by atoms with E-state index in [0.29, 0.717) is 12.6 Å². The van der Waals surface area contributed by atoms with Crippen LogP contribution in [0.2, 0.25) is 0 Å². The molecule has 0 aromatic rings. The molecule has 0 saturated carbocycles. The van der Waals surface area contributed by atoms with Gasteiger partial charge in [-0.1, -0.05) is 13.3 Å². The highest BCUT2D eigenvalue weighted by Crippen LogP contribution is 2.02. The Bertz CT molecular complexity index is 264. The predicted molar refractivity (Wildman–Crippen MR) is 67.5 cm³/mol. The van der Waals surface area contributed by atoms with Gasteiger partial charge in [-0.25, -0.2) is 8.42 Å². The Balaban J connectivity index is 3.99. The Morgan fingerprint density at radius 3 is 2.44 bits per heavy atom. The van der Waals surface area contributed by atoms with Crippen molar-refractivity contribution in [3.8, 4) is 0 Å². The Kier molecular flexibility index (Phi) is 7.97. The molecule has 0 saturated heterocycles. The number of hydrogen-bond donors (Lipinski definition) is 1. The van der Waals surface area contributed by atoms with E-state index < -0.39 is 9.84 Å². The van der Waals surface area contributed by atoms with Gasteiger partial charge in [0.1, 0.15) is 0 Å². The number of methoxy groups -OCH3 is 1. The molecule has 0 rings (SSSR count). The van der Waals surface area contributed by atoms with Gasteiger partial charge in [0.25, 0.3) is 0 Å². The summed E-state index contributed by atoms with van der Waals surface area (Å²) in [6, 6.07) is 0.380. The lowest BCUT2D eigenvalue weighted by molar-refractivity contribution is 0.217. The molecule has 4 nitrogen and oxygen atoms in total. The number of sulfone groups is 1. The molecule has 0 amide bonds. The topological polar surface area (TPSA) is 55.4 Å². The first-order chi connectivity index (χ1) is 7.44. The van der Waals surface area contributed by atoms with E-state index >= 15 is 0 Å². The summed E-state index contributed by atoms with van der Waals surface area (Å²) in [6.45, 7) is 6.75. The third-order valence-corrected chi connectivity index (χ3v) is 4.79. The van der Waals surface area contributed by atoms with Gasteiger partial charge in [0.05, 0.1) is 17.6 Å². The van der Waals surface area contributed by atoms with Gasteiger partial charge in [-0.05, 0) is 20.3 Å². The van der Waals surface area contributed by atoms with Crippen LogP contribution in [0.4, 0.5) is 0 Å². The standard InChI is InChI=1S/C11H25NO3S/c1-5-6-10(2)12-9-11(3)16(13,14)8-7-15-4/h10-12H,5-9H2,1-4H3. The molecule has 0 aliphatic rings. The quantitative estimate of drug-likeness (QED) is 0.669. The van der Waals surface area contributed by atoms with Crippen LogP contribution >= 0.6 is 0 Å². The number of hydrogen-bond acceptors (Lipinski definition) is 4. The largest absolute Gasteiger partial charge is 0.384 e. The molecule has 0 fully saturated rings. The molecular formula is C11H25NO3S. The first-order valence-electron chi connectivity index (χ1n) is 5.88. The van der Waals surface area contributed by atoms with E-state index in [1.165, 1.54) is 7.11 Å². The van der Waals surface area contributed by atoms with Gasteiger partial charge in [-0.2, -0.15) is 0 Å². The van der Waals surface area contributed by atoms with Crippen molar-refractivity contribution in [2.24, 2.45) is 0 Å². The molecule has 0 heterocycles. The Labute approximate surface area is 99.7 Å². The molecule has 1 N–H and O–H groups in total. The maximum atomic E-state index is 11.7. The second-order valence-corrected chi connectivity index (χ2v) is 6.81. The Morgan fingerprint density at radius 1 is 1.31 bits per heavy atom. The highest BCUT2D eigenvalue weighted by molar-refractivity contribution is 7.92. The van der Waals surface area contributed by atoms with Crippen LogP contribution in [0.25, 0.3) is 0 Å². The normalized spacial score (nSPS) is 16.0. The Hall–Kier alpha value is -0.130. The van der Waals surface area contributed by atoms with E-state index in [9.17, 15) is 8.42 Å². The van der Waals surface area contributed by atoms with Gasteiger partial charge < -0.3 is 10.1 Å². The van der Waals surface area contributed by atoms with Gasteiger partial charge in [-0.3, -0.25) is 0 Å². The van der Waals surface area contributed by atoms with E-state index in [-0.39, 0.29) is 17.6 Å². The minimum Gasteiger partial charge on any atom is -0.384 e. The van der Waals surface area contributed by atoms with Gasteiger partial charge in [-0.15, -0.1) is 0 Å². The fourth-order valence-electron chi connectivity index (χ4n) is 1.43. The third kappa shape index (κ3) is 6.45. The second kappa shape index (κ2) is 8.03. The first kappa shape index (κ1) is 15.9. The minimum atomic E-state index is -3.02. The van der Waals surface area contributed by atoms with Crippen molar-refractivity contribution in [2.75, 3.05) is 26.0 Å². The summed E-state index contributed by atoms with van der Waals surface area (Å²) in [5, 5.41) is 2.90. The molecule has 0 spiro atoms. The zero-order valence-electron chi connectivity index (χ0n) is 10.8. The summed E-state index contributed by atoms with van der Waals surface area (Å²) >= 11 is 0. The molecule has 0 bridgehead atoms. The van der Waals surface area contributed by atoms with E-state index in [1.807, 2.05) is 0 Å². The second-order valence-electron chi connectivity index (χ2n) is 4.27. The minimum absolute atomic E-state index is 0.106. The molecular weight excluding hydrogens is 226 g/mol. The van der Waals surface area contributed by atoms with Crippen molar-refractivity contribution in [2.45, 2.75) is 44.9 Å². The number of ether oxygens (including phenoxy) is 1. The lowest BCUT2D eigenvalue weighted by Crippen LogP contribution is -2.37. The maximum Gasteiger partial charge on any atom is 0.156 e. The van der Waals surface area contributed by atoms with Crippen LogP contribution in [0, 0.1) is 0 Å². The summed E-state index contributed by atoms with van der Waals surface area (Å²) in [7, 11) is -1.50. The molecule has 16 heavy (non-hydrogen) atoms. The highest BCUT2D eigenvalue weighted by atomic mass is 32.2. The molecule has 98 valence electrons. The lowest BCUT2D eigenvalue weighted by Gasteiger charge is -2.17. The summed E-state index contributed by atoms with van der Waals surface area (Å²) in [4.78, 5) is 0. The van der Waals surface area contributed by atoms with Crippen molar-refractivity contribution >= 4 is 9.84 Å². The van der Waals surface area contributed by atoms with Crippen LogP contribution in [0.1, 0.15) is 33.6 Å². The van der Waals surface area contributed by atoms with E-state index in [0.717, 1.165) is 12.8 Å². The lowest BCUT2D eigenvalue weighted by atomic mass is 10.2. The summed E-state index contributed by atoms with van der Waals surface area (Å²) < 4.78 is 28.3. The zero-order chi connectivity index (χ0) is 12.6. The summed E-state index contributed by atoms with van der Waals surface area (Å²) in [5.74, 6) is 0.106. The Morgan fingerprint density at radius 2 is 1.94 bits per heavy atom. The average Bonchev–Trinajstić information content (AvgIpc) is 2.23. The number of nitrogens with one attached hydrogen (secondary N) is 1. The van der Waals surface area contributed by atoms with Crippen LogP contribution in [0.15, 0.2) is 0 Å². The summed E-state index contributed by atoms with van der Waals surface area (Å²) in [5.41, 5.74) is 0. The zero-order valence-corrected chi connectivity index (χ0v) is 11.6. The van der Waals surface area contributed by atoms with Gasteiger partial charge in [0, 0.05) is 19.7 Å². The SMILES string of the molecule is CCCC(C)NCC(C)S(=O)(=O)CCOC. The first-order valence-corrected chi connectivity index (χ1v) is 7.59. The maximum absolute atomic E-state index is 11.7. The van der Waals surface area contributed by atoms with Gasteiger partial charge in [0.2, 0.25) is 0 Å². The van der Waals surface area contributed by atoms with Crippen molar-refractivity contribution in [1.29, 1.82) is 0 Å². The van der Waals surface area contributed by atoms with E-state index in [2.05, 4.69) is 19.2 Å². The summed E-state index contributed by atoms with van der Waals surface area (Å²) in [6.07, 6.45) is 2.18. The van der Waals surface area contributed by atoms with Crippen LogP contribution in [0.3, 0.4) is 0 Å². The highest BCUT2D eigenvalue weighted by Gasteiger charge is 2.20.